The number of nitrogens with zero attached hydrogens (tertiary/aromatic N) is 2. The Morgan fingerprint density at radius 3 is 3.25 bits per heavy atom. The predicted molar refractivity (Wildman–Crippen MR) is 69.2 cm³/mol. The van der Waals surface area contributed by atoms with Gasteiger partial charge < -0.3 is 5.73 Å². The minimum Gasteiger partial charge on any atom is -0.329 e. The molecule has 0 bridgehead atoms. The van der Waals surface area contributed by atoms with E-state index in [0.717, 1.165) is 16.4 Å². The maximum absolute atomic E-state index is 11.7. The van der Waals surface area contributed by atoms with Crippen molar-refractivity contribution in [3.05, 3.63) is 33.7 Å². The van der Waals surface area contributed by atoms with E-state index < -0.39 is 0 Å². The highest BCUT2D eigenvalue weighted by Crippen LogP contribution is 2.16. The normalized spacial score (nSPS) is 13.1. The first-order chi connectivity index (χ1) is 7.70. The quantitative estimate of drug-likeness (QED) is 0.895. The topological polar surface area (TPSA) is 60.4 Å². The fourth-order valence-electron chi connectivity index (χ4n) is 1.26. The molecule has 0 aliphatic heterocycles. The van der Waals surface area contributed by atoms with E-state index in [2.05, 4.69) is 11.9 Å². The minimum absolute atomic E-state index is 0.0118. The van der Waals surface area contributed by atoms with Gasteiger partial charge in [0, 0.05) is 35.2 Å². The standard InChI is InChI=1S/C10H13N3OS2/c1-7(5-11)16-6-8-4-9(14)13-2-3-15-10(13)12-8/h2-4,7H,5-6,11H2,1H3. The van der Waals surface area contributed by atoms with Crippen molar-refractivity contribution >= 4 is 28.1 Å². The van der Waals surface area contributed by atoms with Crippen molar-refractivity contribution in [2.75, 3.05) is 6.54 Å². The van der Waals surface area contributed by atoms with Crippen LogP contribution in [0.3, 0.4) is 0 Å². The van der Waals surface area contributed by atoms with Gasteiger partial charge in [0.25, 0.3) is 5.56 Å². The van der Waals surface area contributed by atoms with E-state index in [-0.39, 0.29) is 5.56 Å². The number of thioether (sulfide) groups is 1. The summed E-state index contributed by atoms with van der Waals surface area (Å²) in [4.78, 5) is 16.8. The summed E-state index contributed by atoms with van der Waals surface area (Å²) < 4.78 is 1.56. The molecule has 4 nitrogen and oxygen atoms in total. The molecule has 0 radical (unpaired) electrons. The molecule has 1 unspecified atom stereocenters. The van der Waals surface area contributed by atoms with Crippen LogP contribution < -0.4 is 11.3 Å². The molecular formula is C10H13N3OS2. The lowest BCUT2D eigenvalue weighted by Crippen LogP contribution is -2.15. The first kappa shape index (κ1) is 11.6. The Bertz CT molecular complexity index is 534. The molecule has 2 rings (SSSR count). The van der Waals surface area contributed by atoms with Crippen LogP contribution in [0.5, 0.6) is 0 Å². The Morgan fingerprint density at radius 1 is 1.69 bits per heavy atom. The fourth-order valence-corrected chi connectivity index (χ4v) is 2.74. The number of aromatic nitrogens is 2. The largest absolute Gasteiger partial charge is 0.329 e. The van der Waals surface area contributed by atoms with Crippen LogP contribution in [0, 0.1) is 0 Å². The van der Waals surface area contributed by atoms with E-state index in [4.69, 9.17) is 5.73 Å². The molecule has 0 aliphatic rings. The molecule has 0 saturated heterocycles. The van der Waals surface area contributed by atoms with Gasteiger partial charge in [0.05, 0.1) is 5.69 Å². The molecule has 16 heavy (non-hydrogen) atoms. The van der Waals surface area contributed by atoms with Gasteiger partial charge in [0.2, 0.25) is 0 Å². The van der Waals surface area contributed by atoms with E-state index in [1.165, 1.54) is 11.3 Å². The van der Waals surface area contributed by atoms with Crippen molar-refractivity contribution in [2.45, 2.75) is 17.9 Å². The third-order valence-electron chi connectivity index (χ3n) is 2.20. The highest BCUT2D eigenvalue weighted by atomic mass is 32.2. The third-order valence-corrected chi connectivity index (χ3v) is 4.18. The zero-order valence-electron chi connectivity index (χ0n) is 8.92. The predicted octanol–water partition coefficient (Wildman–Crippen LogP) is 1.34. The van der Waals surface area contributed by atoms with E-state index in [1.54, 1.807) is 28.4 Å². The minimum atomic E-state index is -0.0118. The fraction of sp³-hybridized carbons (Fsp3) is 0.400. The van der Waals surface area contributed by atoms with Gasteiger partial charge in [-0.05, 0) is 0 Å². The molecule has 0 spiro atoms. The molecule has 2 aromatic heterocycles. The summed E-state index contributed by atoms with van der Waals surface area (Å²) in [6.07, 6.45) is 1.74. The molecule has 0 aromatic carbocycles. The van der Waals surface area contributed by atoms with E-state index in [1.807, 2.05) is 5.38 Å². The van der Waals surface area contributed by atoms with Crippen molar-refractivity contribution in [3.8, 4) is 0 Å². The van der Waals surface area contributed by atoms with Crippen LogP contribution in [-0.2, 0) is 5.75 Å². The molecule has 0 amide bonds. The van der Waals surface area contributed by atoms with Gasteiger partial charge in [-0.2, -0.15) is 11.8 Å². The molecule has 0 saturated carbocycles. The summed E-state index contributed by atoms with van der Waals surface area (Å²) in [7, 11) is 0. The highest BCUT2D eigenvalue weighted by Gasteiger charge is 2.05. The van der Waals surface area contributed by atoms with Crippen molar-refractivity contribution < 1.29 is 0 Å². The van der Waals surface area contributed by atoms with Gasteiger partial charge in [-0.15, -0.1) is 11.3 Å². The van der Waals surface area contributed by atoms with Crippen molar-refractivity contribution in [2.24, 2.45) is 5.73 Å². The second-order valence-corrected chi connectivity index (χ2v) is 5.80. The zero-order chi connectivity index (χ0) is 11.5. The van der Waals surface area contributed by atoms with Crippen LogP contribution in [0.25, 0.3) is 4.96 Å². The molecule has 2 N–H and O–H groups in total. The summed E-state index contributed by atoms with van der Waals surface area (Å²) in [5.74, 6) is 0.738. The Labute approximate surface area is 102 Å². The lowest BCUT2D eigenvalue weighted by molar-refractivity contribution is 0.947. The van der Waals surface area contributed by atoms with Gasteiger partial charge in [-0.25, -0.2) is 4.98 Å². The van der Waals surface area contributed by atoms with E-state index in [0.29, 0.717) is 11.8 Å². The van der Waals surface area contributed by atoms with Gasteiger partial charge in [0.15, 0.2) is 4.96 Å². The average molecular weight is 255 g/mol. The summed E-state index contributed by atoms with van der Waals surface area (Å²) in [6, 6.07) is 1.59. The summed E-state index contributed by atoms with van der Waals surface area (Å²) in [5.41, 5.74) is 6.35. The van der Waals surface area contributed by atoms with Gasteiger partial charge in [-0.1, -0.05) is 6.92 Å². The smallest absolute Gasteiger partial charge is 0.258 e. The summed E-state index contributed by atoms with van der Waals surface area (Å²) in [5, 5.41) is 2.26. The molecule has 0 aliphatic carbocycles. The van der Waals surface area contributed by atoms with E-state index >= 15 is 0 Å². The molecule has 2 heterocycles. The van der Waals surface area contributed by atoms with Crippen molar-refractivity contribution in [3.63, 3.8) is 0 Å². The summed E-state index contributed by atoms with van der Waals surface area (Å²) in [6.45, 7) is 2.71. The second-order valence-electron chi connectivity index (χ2n) is 3.50. The third kappa shape index (κ3) is 2.45. The monoisotopic (exact) mass is 255 g/mol. The van der Waals surface area contributed by atoms with Crippen LogP contribution in [0.1, 0.15) is 12.6 Å². The lowest BCUT2D eigenvalue weighted by atomic mass is 10.4. The van der Waals surface area contributed by atoms with Crippen LogP contribution in [-0.4, -0.2) is 21.2 Å². The van der Waals surface area contributed by atoms with Gasteiger partial charge in [-0.3, -0.25) is 9.20 Å². The number of rotatable bonds is 4. The Balaban J connectivity index is 2.22. The van der Waals surface area contributed by atoms with Crippen LogP contribution in [0.4, 0.5) is 0 Å². The number of thiazole rings is 1. The maximum atomic E-state index is 11.7. The Kier molecular flexibility index (Phi) is 3.63. The molecule has 6 heteroatoms. The average Bonchev–Trinajstić information content (AvgIpc) is 2.74. The molecular weight excluding hydrogens is 242 g/mol. The van der Waals surface area contributed by atoms with Crippen LogP contribution in [0.2, 0.25) is 0 Å². The van der Waals surface area contributed by atoms with Crippen LogP contribution >= 0.6 is 23.1 Å². The molecule has 0 fully saturated rings. The lowest BCUT2D eigenvalue weighted by Gasteiger charge is -2.06. The molecule has 86 valence electrons. The van der Waals surface area contributed by atoms with Crippen molar-refractivity contribution in [1.29, 1.82) is 0 Å². The SMILES string of the molecule is CC(CN)SCc1cc(=O)n2ccsc2n1. The van der Waals surface area contributed by atoms with Crippen molar-refractivity contribution in [1.82, 2.24) is 9.38 Å². The van der Waals surface area contributed by atoms with Gasteiger partial charge >= 0.3 is 0 Å². The number of nitrogens with two attached hydrogens (primary N) is 1. The number of fused-ring (bicyclic) bond motifs is 1. The van der Waals surface area contributed by atoms with Gasteiger partial charge in [0.1, 0.15) is 0 Å². The second kappa shape index (κ2) is 4.99. The zero-order valence-corrected chi connectivity index (χ0v) is 10.6. The Hall–Kier alpha value is -0.850. The molecule has 2 aromatic rings. The van der Waals surface area contributed by atoms with Crippen LogP contribution in [0.15, 0.2) is 22.4 Å². The number of hydrogen-bond donors (Lipinski definition) is 1. The molecule has 1 atom stereocenters. The number of hydrogen-bond acceptors (Lipinski definition) is 5. The maximum Gasteiger partial charge on any atom is 0.258 e. The Morgan fingerprint density at radius 2 is 2.50 bits per heavy atom. The highest BCUT2D eigenvalue weighted by molar-refractivity contribution is 7.99. The summed E-state index contributed by atoms with van der Waals surface area (Å²) >= 11 is 3.19. The first-order valence-corrected chi connectivity index (χ1v) is 6.91. The first-order valence-electron chi connectivity index (χ1n) is 4.98. The van der Waals surface area contributed by atoms with E-state index in [9.17, 15) is 4.79 Å².